The Balaban J connectivity index is 1.68. The summed E-state index contributed by atoms with van der Waals surface area (Å²) in [6.07, 6.45) is 2.30. The number of hydrogen-bond donors (Lipinski definition) is 3. The summed E-state index contributed by atoms with van der Waals surface area (Å²) in [6.45, 7) is 5.01. The van der Waals surface area contributed by atoms with Crippen LogP contribution in [-0.2, 0) is 33.4 Å². The molecule has 3 N–H and O–H groups in total. The molecule has 47 heavy (non-hydrogen) atoms. The van der Waals surface area contributed by atoms with Crippen molar-refractivity contribution in [1.29, 1.82) is 0 Å². The van der Waals surface area contributed by atoms with Crippen LogP contribution in [0, 0.1) is 0 Å². The molecule has 14 nitrogen and oxygen atoms in total. The molecule has 1 aromatic carbocycles. The number of fused-ring (bicyclic) bond motifs is 1. The van der Waals surface area contributed by atoms with Crippen molar-refractivity contribution in [2.75, 3.05) is 38.3 Å². The molecule has 0 radical (unpaired) electrons. The van der Waals surface area contributed by atoms with E-state index in [0.29, 0.717) is 30.2 Å². The lowest BCUT2D eigenvalue weighted by Crippen LogP contribution is -2.57. The maximum absolute atomic E-state index is 14.2. The Kier molecular flexibility index (Phi) is 11.7. The minimum absolute atomic E-state index is 0.000988. The maximum atomic E-state index is 14.2. The number of ketones is 1. The molecular weight excluding hydrogens is 634 g/mol. The lowest BCUT2D eigenvalue weighted by Gasteiger charge is -2.30. The van der Waals surface area contributed by atoms with E-state index in [2.05, 4.69) is 16.0 Å². The smallest absolute Gasteiger partial charge is 0.415 e. The van der Waals surface area contributed by atoms with E-state index in [1.807, 2.05) is 0 Å². The van der Waals surface area contributed by atoms with Crippen molar-refractivity contribution in [1.82, 2.24) is 20.9 Å². The number of nitrogens with zero attached hydrogens (tertiary/aromatic N) is 2. The molecule has 0 aliphatic carbocycles. The number of ether oxygens (including phenoxy) is 3. The highest BCUT2D eigenvalue weighted by molar-refractivity contribution is 6.38. The molecule has 1 aromatic rings. The number of carbonyl (C=O) groups is 6. The predicted molar refractivity (Wildman–Crippen MR) is 171 cm³/mol. The fourth-order valence-electron chi connectivity index (χ4n) is 5.99. The van der Waals surface area contributed by atoms with Gasteiger partial charge in [-0.05, 0) is 51.8 Å². The number of rotatable bonds is 4. The van der Waals surface area contributed by atoms with Crippen LogP contribution in [-0.4, -0.2) is 103 Å². The summed E-state index contributed by atoms with van der Waals surface area (Å²) in [5.74, 6) is -3.00. The van der Waals surface area contributed by atoms with Crippen molar-refractivity contribution in [2.24, 2.45) is 0 Å². The summed E-state index contributed by atoms with van der Waals surface area (Å²) < 4.78 is 17.1. The lowest BCUT2D eigenvalue weighted by atomic mass is 9.98. The van der Waals surface area contributed by atoms with E-state index in [4.69, 9.17) is 25.8 Å². The van der Waals surface area contributed by atoms with Crippen LogP contribution in [0.4, 0.5) is 15.3 Å². The van der Waals surface area contributed by atoms with Crippen LogP contribution in [0.25, 0.3) is 0 Å². The second kappa shape index (κ2) is 15.3. The van der Waals surface area contributed by atoms with Crippen LogP contribution in [0.1, 0.15) is 65.7 Å². The zero-order valence-corrected chi connectivity index (χ0v) is 28.0. The quantitative estimate of drug-likeness (QED) is 0.405. The molecule has 3 aliphatic rings. The second-order valence-electron chi connectivity index (χ2n) is 13.1. The number of Topliss-reactive ketones (excluding diaryl/α,β-unsaturated/α-hetero) is 1. The summed E-state index contributed by atoms with van der Waals surface area (Å²) in [6, 6.07) is 3.05. The number of amides is 5. The topological polar surface area (TPSA) is 173 Å². The predicted octanol–water partition coefficient (Wildman–Crippen LogP) is 2.70. The summed E-state index contributed by atoms with van der Waals surface area (Å²) in [5, 5.41) is 8.01. The first-order valence-electron chi connectivity index (χ1n) is 15.9. The summed E-state index contributed by atoms with van der Waals surface area (Å²) >= 11 is 6.17. The fourth-order valence-corrected chi connectivity index (χ4v) is 6.18. The molecule has 0 saturated carbocycles. The van der Waals surface area contributed by atoms with Crippen molar-refractivity contribution < 1.29 is 43.0 Å². The number of likely N-dealkylation sites (N-methyl/N-ethyl adjacent to an activating group) is 1. The average molecular weight is 678 g/mol. The molecular formula is C32H44ClN5O9. The van der Waals surface area contributed by atoms with Crippen LogP contribution >= 0.6 is 11.6 Å². The maximum Gasteiger partial charge on any atom is 0.415 e. The largest absolute Gasteiger partial charge is 0.444 e. The van der Waals surface area contributed by atoms with Gasteiger partial charge in [0.1, 0.15) is 17.7 Å². The molecule has 15 heteroatoms. The summed E-state index contributed by atoms with van der Waals surface area (Å²) in [7, 11) is 1.33. The zero-order chi connectivity index (χ0) is 34.4. The number of halogens is 1. The van der Waals surface area contributed by atoms with Gasteiger partial charge in [0, 0.05) is 30.8 Å². The third kappa shape index (κ3) is 9.34. The zero-order valence-electron chi connectivity index (χ0n) is 27.3. The van der Waals surface area contributed by atoms with Crippen LogP contribution in [0.3, 0.4) is 0 Å². The third-order valence-corrected chi connectivity index (χ3v) is 8.45. The van der Waals surface area contributed by atoms with Gasteiger partial charge in [0.15, 0.2) is 5.60 Å². The fraction of sp³-hybridized carbons (Fsp3) is 0.625. The van der Waals surface area contributed by atoms with Gasteiger partial charge in [0.25, 0.3) is 5.91 Å². The lowest BCUT2D eigenvalue weighted by molar-refractivity contribution is -0.143. The molecule has 3 saturated heterocycles. The summed E-state index contributed by atoms with van der Waals surface area (Å²) in [4.78, 5) is 82.2. The minimum atomic E-state index is -1.31. The van der Waals surface area contributed by atoms with Crippen molar-refractivity contribution in [3.05, 3.63) is 29.3 Å². The van der Waals surface area contributed by atoms with E-state index in [1.54, 1.807) is 45.0 Å². The van der Waals surface area contributed by atoms with E-state index < -0.39 is 65.0 Å². The molecule has 3 heterocycles. The molecule has 4 atom stereocenters. The van der Waals surface area contributed by atoms with E-state index in [0.717, 1.165) is 19.3 Å². The van der Waals surface area contributed by atoms with Crippen LogP contribution in [0.15, 0.2) is 24.3 Å². The first-order chi connectivity index (χ1) is 22.2. The Bertz CT molecular complexity index is 1370. The molecule has 1 spiro atoms. The molecule has 258 valence electrons. The molecule has 0 bridgehead atoms. The number of anilines is 1. The SMILES string of the molecule is CNC(=O)C(=O)[C@@H]1CCCCCCCOC[C@H](NC(=O)OC(C)(C)C)C(=O)N2C[C@@]3(C[C@H]2C(=O)N1)CN(c1cccc(Cl)c1)C(=O)O3. The van der Waals surface area contributed by atoms with Crippen molar-refractivity contribution in [3.8, 4) is 0 Å². The van der Waals surface area contributed by atoms with Crippen LogP contribution < -0.4 is 20.9 Å². The van der Waals surface area contributed by atoms with Gasteiger partial charge in [-0.25, -0.2) is 9.59 Å². The minimum Gasteiger partial charge on any atom is -0.444 e. The molecule has 0 unspecified atom stereocenters. The van der Waals surface area contributed by atoms with Gasteiger partial charge < -0.3 is 35.1 Å². The Morgan fingerprint density at radius 2 is 1.79 bits per heavy atom. The molecule has 3 fully saturated rings. The first kappa shape index (κ1) is 35.9. The Morgan fingerprint density at radius 3 is 2.49 bits per heavy atom. The van der Waals surface area contributed by atoms with Crippen LogP contribution in [0.5, 0.6) is 0 Å². The third-order valence-electron chi connectivity index (χ3n) is 8.22. The highest BCUT2D eigenvalue weighted by Gasteiger charge is 2.57. The Labute approximate surface area is 279 Å². The number of carbonyl (C=O) groups excluding carboxylic acids is 6. The Hall–Kier alpha value is -3.91. The van der Waals surface area contributed by atoms with Crippen LogP contribution in [0.2, 0.25) is 5.02 Å². The standard InChI is InChI=1S/C32H44ClN5O9/c1-31(2,3)46-29(43)36-23-17-45-14-9-7-5-6-8-13-22(25(39)27(41)34-4)35-26(40)24-16-32(19-38(24)28(23)42)18-37(30(44)47-32)21-12-10-11-20(33)15-21/h10-12,15,22-24H,5-9,13-14,16-19H2,1-4H3,(H,34,41)(H,35,40)(H,36,43)/t22-,23-,24-,32+/m0/s1. The normalized spacial score (nSPS) is 26.3. The highest BCUT2D eigenvalue weighted by Crippen LogP contribution is 2.39. The second-order valence-corrected chi connectivity index (χ2v) is 13.6. The van der Waals surface area contributed by atoms with E-state index in [-0.39, 0.29) is 32.5 Å². The Morgan fingerprint density at radius 1 is 1.06 bits per heavy atom. The monoisotopic (exact) mass is 677 g/mol. The number of alkyl carbamates (subject to hydrolysis) is 1. The van der Waals surface area contributed by atoms with E-state index in [1.165, 1.54) is 16.8 Å². The number of nitrogens with one attached hydrogen (secondary N) is 3. The van der Waals surface area contributed by atoms with Crippen molar-refractivity contribution in [3.63, 3.8) is 0 Å². The van der Waals surface area contributed by atoms with E-state index in [9.17, 15) is 28.8 Å². The van der Waals surface area contributed by atoms with E-state index >= 15 is 0 Å². The van der Waals surface area contributed by atoms with Gasteiger partial charge in [-0.15, -0.1) is 0 Å². The van der Waals surface area contributed by atoms with Gasteiger partial charge in [-0.1, -0.05) is 43.4 Å². The molecule has 3 aliphatic heterocycles. The highest BCUT2D eigenvalue weighted by atomic mass is 35.5. The first-order valence-corrected chi connectivity index (χ1v) is 16.3. The summed E-state index contributed by atoms with van der Waals surface area (Å²) in [5.41, 5.74) is -1.68. The van der Waals surface area contributed by atoms with Crippen molar-refractivity contribution in [2.45, 2.75) is 95.0 Å². The van der Waals surface area contributed by atoms with Gasteiger partial charge in [0.2, 0.25) is 17.6 Å². The molecule has 4 rings (SSSR count). The van der Waals surface area contributed by atoms with Gasteiger partial charge >= 0.3 is 12.2 Å². The molecule has 0 aromatic heterocycles. The van der Waals surface area contributed by atoms with Gasteiger partial charge in [0.05, 0.1) is 25.7 Å². The number of hydrogen-bond acceptors (Lipinski definition) is 9. The molecule has 5 amide bonds. The van der Waals surface area contributed by atoms with Crippen molar-refractivity contribution >= 4 is 53.0 Å². The van der Waals surface area contributed by atoms with Gasteiger partial charge in [-0.2, -0.15) is 0 Å². The number of benzene rings is 1. The van der Waals surface area contributed by atoms with Gasteiger partial charge in [-0.3, -0.25) is 24.1 Å². The average Bonchev–Trinajstić information content (AvgIpc) is 3.54.